The maximum atomic E-state index is 12.5. The van der Waals surface area contributed by atoms with Gasteiger partial charge in [-0.1, -0.05) is 41.6 Å². The van der Waals surface area contributed by atoms with Crippen LogP contribution in [0.25, 0.3) is 5.69 Å². The number of likely N-dealkylation sites (N-methyl/N-ethyl adjacent to an activating group) is 1. The van der Waals surface area contributed by atoms with Gasteiger partial charge in [0.1, 0.15) is 6.33 Å². The largest absolute Gasteiger partial charge is 0.336 e. The lowest BCUT2D eigenvalue weighted by molar-refractivity contribution is -0.131. The number of hydrogen-bond acceptors (Lipinski definition) is 5. The summed E-state index contributed by atoms with van der Waals surface area (Å²) < 4.78 is 1.84. The standard InChI is InChI=1S/C21H22ClN5O2S/c1-14-8-9-16(10-15(14)2)27-13-23-25-21(27)30-12-20(29)26(3)11-19(28)24-18-7-5-4-6-17(18)22/h4-10,13H,11-12H2,1-3H3,(H,24,28). The van der Waals surface area contributed by atoms with E-state index >= 15 is 0 Å². The number of rotatable bonds is 7. The predicted octanol–water partition coefficient (Wildman–Crippen LogP) is 3.73. The Balaban J connectivity index is 1.57. The lowest BCUT2D eigenvalue weighted by Gasteiger charge is -2.17. The van der Waals surface area contributed by atoms with Crippen LogP contribution >= 0.6 is 23.4 Å². The van der Waals surface area contributed by atoms with Crippen molar-refractivity contribution in [3.63, 3.8) is 0 Å². The van der Waals surface area contributed by atoms with E-state index in [4.69, 9.17) is 11.6 Å². The summed E-state index contributed by atoms with van der Waals surface area (Å²) in [5.74, 6) is -0.370. The summed E-state index contributed by atoms with van der Waals surface area (Å²) in [5, 5.41) is 11.8. The van der Waals surface area contributed by atoms with E-state index in [1.807, 2.05) is 23.6 Å². The normalized spacial score (nSPS) is 10.7. The van der Waals surface area contributed by atoms with E-state index in [1.54, 1.807) is 37.6 Å². The van der Waals surface area contributed by atoms with Gasteiger partial charge >= 0.3 is 0 Å². The number of halogens is 1. The van der Waals surface area contributed by atoms with Crippen LogP contribution in [0.15, 0.2) is 53.9 Å². The average molecular weight is 444 g/mol. The van der Waals surface area contributed by atoms with E-state index in [0.717, 1.165) is 11.3 Å². The number of thioether (sulfide) groups is 1. The molecule has 1 heterocycles. The Kier molecular flexibility index (Phi) is 7.12. The average Bonchev–Trinajstić information content (AvgIpc) is 3.18. The number of amides is 2. The molecule has 3 rings (SSSR count). The molecule has 2 amide bonds. The van der Waals surface area contributed by atoms with Crippen LogP contribution in [0.2, 0.25) is 5.02 Å². The zero-order valence-electron chi connectivity index (χ0n) is 16.9. The third-order valence-corrected chi connectivity index (χ3v) is 5.82. The fraction of sp³-hybridized carbons (Fsp3) is 0.238. The van der Waals surface area contributed by atoms with E-state index in [2.05, 4.69) is 28.5 Å². The molecule has 0 atom stereocenters. The van der Waals surface area contributed by atoms with Crippen molar-refractivity contribution < 1.29 is 9.59 Å². The zero-order valence-corrected chi connectivity index (χ0v) is 18.5. The molecule has 9 heteroatoms. The molecular weight excluding hydrogens is 422 g/mol. The highest BCUT2D eigenvalue weighted by atomic mass is 35.5. The Morgan fingerprint density at radius 3 is 2.67 bits per heavy atom. The molecule has 0 saturated heterocycles. The van der Waals surface area contributed by atoms with Gasteiger partial charge in [0.25, 0.3) is 0 Å². The SMILES string of the molecule is Cc1ccc(-n2cnnc2SCC(=O)N(C)CC(=O)Nc2ccccc2Cl)cc1C. The van der Waals surface area contributed by atoms with Crippen LogP contribution in [0, 0.1) is 13.8 Å². The first kappa shape index (κ1) is 21.9. The van der Waals surface area contributed by atoms with E-state index in [-0.39, 0.29) is 24.1 Å². The van der Waals surface area contributed by atoms with Crippen molar-refractivity contribution in [1.82, 2.24) is 19.7 Å². The first-order valence-corrected chi connectivity index (χ1v) is 10.6. The number of benzene rings is 2. The Bertz CT molecular complexity index is 1070. The molecule has 0 aliphatic heterocycles. The zero-order chi connectivity index (χ0) is 21.7. The molecule has 3 aromatic rings. The third kappa shape index (κ3) is 5.40. The number of nitrogens with zero attached hydrogens (tertiary/aromatic N) is 4. The van der Waals surface area contributed by atoms with Crippen molar-refractivity contribution in [2.45, 2.75) is 19.0 Å². The molecule has 7 nitrogen and oxygen atoms in total. The minimum atomic E-state index is -0.317. The van der Waals surface area contributed by atoms with Crippen LogP contribution in [-0.4, -0.2) is 50.8 Å². The van der Waals surface area contributed by atoms with Crippen molar-refractivity contribution in [2.24, 2.45) is 0 Å². The van der Waals surface area contributed by atoms with Crippen molar-refractivity contribution in [2.75, 3.05) is 24.7 Å². The van der Waals surface area contributed by atoms with Gasteiger partial charge in [-0.25, -0.2) is 0 Å². The van der Waals surface area contributed by atoms with Crippen LogP contribution in [0.3, 0.4) is 0 Å². The highest BCUT2D eigenvalue weighted by Crippen LogP contribution is 2.22. The van der Waals surface area contributed by atoms with Crippen LogP contribution in [0.1, 0.15) is 11.1 Å². The quantitative estimate of drug-likeness (QED) is 0.563. The Morgan fingerprint density at radius 2 is 1.93 bits per heavy atom. The summed E-state index contributed by atoms with van der Waals surface area (Å²) in [5.41, 5.74) is 3.82. The molecule has 1 N–H and O–H groups in total. The summed E-state index contributed by atoms with van der Waals surface area (Å²) in [6, 6.07) is 13.0. The van der Waals surface area contributed by atoms with Crippen molar-refractivity contribution >= 4 is 40.9 Å². The monoisotopic (exact) mass is 443 g/mol. The Morgan fingerprint density at radius 1 is 1.17 bits per heavy atom. The van der Waals surface area contributed by atoms with Crippen molar-refractivity contribution in [3.8, 4) is 5.69 Å². The number of hydrogen-bond donors (Lipinski definition) is 1. The van der Waals surface area contributed by atoms with Crippen LogP contribution in [0.4, 0.5) is 5.69 Å². The number of carbonyl (C=O) groups excluding carboxylic acids is 2. The van der Waals surface area contributed by atoms with E-state index in [9.17, 15) is 9.59 Å². The second-order valence-electron chi connectivity index (χ2n) is 6.82. The number of aromatic nitrogens is 3. The van der Waals surface area contributed by atoms with Crippen LogP contribution in [0.5, 0.6) is 0 Å². The minimum absolute atomic E-state index is 0.0749. The van der Waals surface area contributed by atoms with Crippen LogP contribution in [-0.2, 0) is 9.59 Å². The fourth-order valence-electron chi connectivity index (χ4n) is 2.67. The van der Waals surface area contributed by atoms with Crippen molar-refractivity contribution in [3.05, 3.63) is 64.9 Å². The molecule has 1 aromatic heterocycles. The molecule has 0 unspecified atom stereocenters. The summed E-state index contributed by atoms with van der Waals surface area (Å²) in [6.07, 6.45) is 1.62. The Labute approximate surface area is 184 Å². The highest BCUT2D eigenvalue weighted by Gasteiger charge is 2.16. The summed E-state index contributed by atoms with van der Waals surface area (Å²) in [7, 11) is 1.59. The molecule has 0 bridgehead atoms. The van der Waals surface area contributed by atoms with Gasteiger partial charge in [-0.2, -0.15) is 0 Å². The Hall–Kier alpha value is -2.84. The van der Waals surface area contributed by atoms with Gasteiger partial charge in [-0.3, -0.25) is 14.2 Å². The summed E-state index contributed by atoms with van der Waals surface area (Å²) in [4.78, 5) is 26.1. The summed E-state index contributed by atoms with van der Waals surface area (Å²) in [6.45, 7) is 4.02. The van der Waals surface area contributed by atoms with Gasteiger partial charge in [0.2, 0.25) is 11.8 Å². The smallest absolute Gasteiger partial charge is 0.244 e. The second kappa shape index (κ2) is 9.77. The van der Waals surface area contributed by atoms with Gasteiger partial charge in [0.15, 0.2) is 5.16 Å². The highest BCUT2D eigenvalue weighted by molar-refractivity contribution is 7.99. The first-order chi connectivity index (χ1) is 14.3. The van der Waals surface area contributed by atoms with E-state index in [0.29, 0.717) is 15.9 Å². The molecule has 0 saturated carbocycles. The number of anilines is 1. The number of aryl methyl sites for hydroxylation is 2. The molecule has 156 valence electrons. The molecular formula is C21H22ClN5O2S. The maximum Gasteiger partial charge on any atom is 0.244 e. The van der Waals surface area contributed by atoms with Gasteiger partial charge in [0, 0.05) is 12.7 Å². The molecule has 0 radical (unpaired) electrons. The molecule has 0 aliphatic rings. The second-order valence-corrected chi connectivity index (χ2v) is 8.17. The van der Waals surface area contributed by atoms with Gasteiger partial charge < -0.3 is 10.2 Å². The minimum Gasteiger partial charge on any atom is -0.336 e. The van der Waals surface area contributed by atoms with Gasteiger partial charge in [-0.05, 0) is 49.2 Å². The van der Waals surface area contributed by atoms with E-state index < -0.39 is 0 Å². The lowest BCUT2D eigenvalue weighted by atomic mass is 10.1. The number of nitrogens with one attached hydrogen (secondary N) is 1. The predicted molar refractivity (Wildman–Crippen MR) is 119 cm³/mol. The summed E-state index contributed by atoms with van der Waals surface area (Å²) >= 11 is 7.32. The maximum absolute atomic E-state index is 12.5. The fourth-order valence-corrected chi connectivity index (χ4v) is 3.72. The topological polar surface area (TPSA) is 80.1 Å². The lowest BCUT2D eigenvalue weighted by Crippen LogP contribution is -2.36. The molecule has 0 aliphatic carbocycles. The third-order valence-electron chi connectivity index (χ3n) is 4.56. The first-order valence-electron chi connectivity index (χ1n) is 9.24. The number of carbonyl (C=O) groups is 2. The van der Waals surface area contributed by atoms with Gasteiger partial charge in [0.05, 0.1) is 23.0 Å². The molecule has 0 fully saturated rings. The van der Waals surface area contributed by atoms with Crippen LogP contribution < -0.4 is 5.32 Å². The molecule has 2 aromatic carbocycles. The van der Waals surface area contributed by atoms with Gasteiger partial charge in [-0.15, -0.1) is 10.2 Å². The number of para-hydroxylation sites is 1. The molecule has 30 heavy (non-hydrogen) atoms. The van der Waals surface area contributed by atoms with Crippen molar-refractivity contribution in [1.29, 1.82) is 0 Å². The molecule has 0 spiro atoms. The van der Waals surface area contributed by atoms with E-state index in [1.165, 1.54) is 22.2 Å².